The predicted octanol–water partition coefficient (Wildman–Crippen LogP) is 1.62. The Morgan fingerprint density at radius 3 is 2.32 bits per heavy atom. The third-order valence-corrected chi connectivity index (χ3v) is 6.16. The molecule has 5 N–H and O–H groups in total. The van der Waals surface area contributed by atoms with Crippen molar-refractivity contribution in [3.63, 3.8) is 0 Å². The van der Waals surface area contributed by atoms with Crippen molar-refractivity contribution in [3.05, 3.63) is 29.6 Å². The average molecular weight is 478 g/mol. The van der Waals surface area contributed by atoms with Crippen molar-refractivity contribution < 1.29 is 29.7 Å². The highest BCUT2D eigenvalue weighted by Crippen LogP contribution is 2.28. The Hall–Kier alpha value is -3.18. The first kappa shape index (κ1) is 27.1. The van der Waals surface area contributed by atoms with Crippen LogP contribution in [0.25, 0.3) is 11.0 Å². The second-order valence-electron chi connectivity index (χ2n) is 8.40. The number of rotatable bonds is 4. The van der Waals surface area contributed by atoms with Crippen LogP contribution in [0.15, 0.2) is 18.2 Å². The van der Waals surface area contributed by atoms with Gasteiger partial charge in [0.15, 0.2) is 0 Å². The molecule has 2 saturated heterocycles. The summed E-state index contributed by atoms with van der Waals surface area (Å²) in [6.07, 6.45) is 3.81. The van der Waals surface area contributed by atoms with Gasteiger partial charge in [-0.15, -0.1) is 0 Å². The molecule has 2 aliphatic rings. The van der Waals surface area contributed by atoms with Crippen LogP contribution in [-0.2, 0) is 9.59 Å². The van der Waals surface area contributed by atoms with Gasteiger partial charge in [0, 0.05) is 44.7 Å². The van der Waals surface area contributed by atoms with Gasteiger partial charge in [-0.1, -0.05) is 6.07 Å². The number of aryl methyl sites for hydroxylation is 1. The van der Waals surface area contributed by atoms with Crippen LogP contribution < -0.4 is 5.32 Å². The fourth-order valence-electron chi connectivity index (χ4n) is 4.40. The van der Waals surface area contributed by atoms with Crippen molar-refractivity contribution in [2.45, 2.75) is 44.6 Å². The van der Waals surface area contributed by atoms with Crippen molar-refractivity contribution in [1.82, 2.24) is 25.1 Å². The van der Waals surface area contributed by atoms with Gasteiger partial charge in [-0.25, -0.2) is 9.78 Å². The lowest BCUT2D eigenvalue weighted by Gasteiger charge is -2.35. The molecular weight excluding hydrogens is 442 g/mol. The monoisotopic (exact) mass is 477 g/mol. The van der Waals surface area contributed by atoms with Crippen LogP contribution in [0.2, 0.25) is 0 Å². The van der Waals surface area contributed by atoms with Gasteiger partial charge in [0.2, 0.25) is 0 Å². The Morgan fingerprint density at radius 1 is 1.12 bits per heavy atom. The smallest absolute Gasteiger partial charge is 0.317 e. The standard InChI is InChI=1S/C21H31N5O2.2CH2O2/c1-15-2-3-18-19(14-15)24-20(23-18)16-4-10-26(11-5-16)21(28)22-17-6-8-25(9-7-17)12-13-27;2*2-1-3/h2-3,14,16-17,27H,4-13H2,1H3,(H,22,28)(H,23,24);2*1H,(H,2,3). The van der Waals surface area contributed by atoms with E-state index in [1.54, 1.807) is 0 Å². The molecule has 0 spiro atoms. The number of carbonyl (C=O) groups excluding carboxylic acids is 1. The molecule has 2 fully saturated rings. The summed E-state index contributed by atoms with van der Waals surface area (Å²) >= 11 is 0. The van der Waals surface area contributed by atoms with Gasteiger partial charge in [0.05, 0.1) is 17.6 Å². The third-order valence-electron chi connectivity index (χ3n) is 6.16. The van der Waals surface area contributed by atoms with Crippen molar-refractivity contribution in [2.24, 2.45) is 0 Å². The van der Waals surface area contributed by atoms with Gasteiger partial charge in [-0.2, -0.15) is 0 Å². The zero-order chi connectivity index (χ0) is 24.9. The lowest BCUT2D eigenvalue weighted by Crippen LogP contribution is -2.51. The molecule has 34 heavy (non-hydrogen) atoms. The Labute approximate surface area is 198 Å². The molecule has 0 unspecified atom stereocenters. The van der Waals surface area contributed by atoms with Crippen molar-refractivity contribution in [2.75, 3.05) is 39.3 Å². The minimum absolute atomic E-state index is 0.0688. The highest BCUT2D eigenvalue weighted by atomic mass is 16.3. The average Bonchev–Trinajstić information content (AvgIpc) is 3.25. The van der Waals surface area contributed by atoms with E-state index in [0.29, 0.717) is 5.92 Å². The Kier molecular flexibility index (Phi) is 11.3. The van der Waals surface area contributed by atoms with Crippen LogP contribution in [0.3, 0.4) is 0 Å². The van der Waals surface area contributed by atoms with Gasteiger partial charge in [0.1, 0.15) is 5.82 Å². The van der Waals surface area contributed by atoms with Crippen LogP contribution in [0.4, 0.5) is 4.79 Å². The first-order valence-electron chi connectivity index (χ1n) is 11.5. The largest absolute Gasteiger partial charge is 0.483 e. The molecule has 188 valence electrons. The molecular formula is C23H35N5O6. The summed E-state index contributed by atoms with van der Waals surface area (Å²) in [5.74, 6) is 1.44. The highest BCUT2D eigenvalue weighted by molar-refractivity contribution is 5.76. The number of aliphatic hydroxyl groups is 1. The summed E-state index contributed by atoms with van der Waals surface area (Å²) in [7, 11) is 0. The van der Waals surface area contributed by atoms with Gasteiger partial charge >= 0.3 is 6.03 Å². The second-order valence-corrected chi connectivity index (χ2v) is 8.40. The number of carbonyl (C=O) groups is 3. The minimum atomic E-state index is -0.250. The number of likely N-dealkylation sites (tertiary alicyclic amines) is 2. The first-order chi connectivity index (χ1) is 16.4. The maximum atomic E-state index is 12.6. The number of piperidine rings is 2. The number of nitrogens with one attached hydrogen (secondary N) is 2. The number of aliphatic hydroxyl groups excluding tert-OH is 1. The quantitative estimate of drug-likeness (QED) is 0.415. The number of fused-ring (bicyclic) bond motifs is 1. The normalized spacial score (nSPS) is 17.2. The number of nitrogens with zero attached hydrogens (tertiary/aromatic N) is 3. The third kappa shape index (κ3) is 7.99. The molecule has 0 bridgehead atoms. The van der Waals surface area contributed by atoms with Gasteiger partial charge in [-0.05, 0) is 50.3 Å². The van der Waals surface area contributed by atoms with Gasteiger partial charge in [-0.3, -0.25) is 9.59 Å². The number of amides is 2. The summed E-state index contributed by atoms with van der Waals surface area (Å²) in [6, 6.07) is 6.62. The molecule has 2 amide bonds. The second kappa shape index (κ2) is 14.2. The van der Waals surface area contributed by atoms with Crippen LogP contribution in [0.1, 0.15) is 43.0 Å². The number of hydrogen-bond acceptors (Lipinski definition) is 6. The van der Waals surface area contributed by atoms with E-state index < -0.39 is 0 Å². The molecule has 1 aromatic carbocycles. The van der Waals surface area contributed by atoms with Crippen molar-refractivity contribution in [1.29, 1.82) is 0 Å². The van der Waals surface area contributed by atoms with Crippen LogP contribution >= 0.6 is 0 Å². The Balaban J connectivity index is 0.000000618. The molecule has 0 saturated carbocycles. The van der Waals surface area contributed by atoms with Crippen LogP contribution in [0, 0.1) is 6.92 Å². The highest BCUT2D eigenvalue weighted by Gasteiger charge is 2.28. The van der Waals surface area contributed by atoms with Crippen molar-refractivity contribution in [3.8, 4) is 0 Å². The summed E-state index contributed by atoms with van der Waals surface area (Å²) in [4.78, 5) is 41.8. The lowest BCUT2D eigenvalue weighted by molar-refractivity contribution is -0.123. The number of aromatic amines is 1. The summed E-state index contributed by atoms with van der Waals surface area (Å²) in [5.41, 5.74) is 3.35. The maximum absolute atomic E-state index is 12.6. The summed E-state index contributed by atoms with van der Waals surface area (Å²) in [6.45, 7) is 5.96. The van der Waals surface area contributed by atoms with Crippen molar-refractivity contribution >= 4 is 30.0 Å². The van der Waals surface area contributed by atoms with Crippen LogP contribution in [0.5, 0.6) is 0 Å². The summed E-state index contributed by atoms with van der Waals surface area (Å²) < 4.78 is 0. The van der Waals surface area contributed by atoms with E-state index in [2.05, 4.69) is 40.3 Å². The summed E-state index contributed by atoms with van der Waals surface area (Å²) in [5, 5.41) is 26.0. The van der Waals surface area contributed by atoms with Gasteiger partial charge in [0.25, 0.3) is 12.9 Å². The molecule has 2 aromatic rings. The van der Waals surface area contributed by atoms with E-state index in [1.807, 2.05) is 4.90 Å². The van der Waals surface area contributed by atoms with Crippen LogP contribution in [-0.4, -0.2) is 99.4 Å². The molecule has 0 radical (unpaired) electrons. The Morgan fingerprint density at radius 2 is 1.74 bits per heavy atom. The maximum Gasteiger partial charge on any atom is 0.317 e. The minimum Gasteiger partial charge on any atom is -0.483 e. The molecule has 4 rings (SSSR count). The SMILES string of the molecule is Cc1ccc2nc(C3CCN(C(=O)NC4CCN(CCO)CC4)CC3)[nH]c2c1.O=CO.O=CO. The number of β-amino-alcohol motifs (C(OH)–C–C–N with tert-alkyl or cyclic N) is 1. The molecule has 2 aliphatic heterocycles. The van der Waals surface area contributed by atoms with E-state index >= 15 is 0 Å². The Bertz CT molecular complexity index is 898. The molecule has 0 atom stereocenters. The number of H-pyrrole nitrogens is 1. The molecule has 11 nitrogen and oxygen atoms in total. The van der Waals surface area contributed by atoms with E-state index in [0.717, 1.165) is 75.3 Å². The van der Waals surface area contributed by atoms with E-state index in [1.165, 1.54) is 5.56 Å². The lowest BCUT2D eigenvalue weighted by atomic mass is 9.96. The molecule has 1 aromatic heterocycles. The predicted molar refractivity (Wildman–Crippen MR) is 127 cm³/mol. The topological polar surface area (TPSA) is 159 Å². The molecule has 11 heteroatoms. The number of urea groups is 1. The number of carboxylic acid groups (broad SMARTS) is 2. The fourth-order valence-corrected chi connectivity index (χ4v) is 4.40. The zero-order valence-corrected chi connectivity index (χ0v) is 19.5. The molecule has 3 heterocycles. The molecule has 0 aliphatic carbocycles. The fraction of sp³-hybridized carbons (Fsp3) is 0.565. The first-order valence-corrected chi connectivity index (χ1v) is 11.5. The number of imidazole rings is 1. The van der Waals surface area contributed by atoms with Gasteiger partial charge < -0.3 is 35.4 Å². The number of aromatic nitrogens is 2. The van der Waals surface area contributed by atoms with E-state index in [9.17, 15) is 4.79 Å². The number of hydrogen-bond donors (Lipinski definition) is 5. The van der Waals surface area contributed by atoms with E-state index in [4.69, 9.17) is 29.9 Å². The number of benzene rings is 1. The zero-order valence-electron chi connectivity index (χ0n) is 19.5. The van der Waals surface area contributed by atoms with E-state index in [-0.39, 0.29) is 31.6 Å².